The average Bonchev–Trinajstić information content (AvgIpc) is 2.30. The molecule has 0 saturated heterocycles. The van der Waals surface area contributed by atoms with E-state index in [4.69, 9.17) is 23.2 Å². The third-order valence-electron chi connectivity index (χ3n) is 2.32. The maximum Gasteiger partial charge on any atom is 0.132 e. The van der Waals surface area contributed by atoms with Gasteiger partial charge in [0, 0.05) is 4.47 Å². The van der Waals surface area contributed by atoms with Crippen molar-refractivity contribution in [3.8, 4) is 11.1 Å². The Labute approximate surface area is 113 Å². The van der Waals surface area contributed by atoms with Gasteiger partial charge < -0.3 is 0 Å². The molecule has 2 rings (SSSR count). The van der Waals surface area contributed by atoms with Gasteiger partial charge in [0.15, 0.2) is 0 Å². The van der Waals surface area contributed by atoms with Crippen LogP contribution in [0.3, 0.4) is 0 Å². The quantitative estimate of drug-likeness (QED) is 0.633. The minimum absolute atomic E-state index is 0.476. The molecule has 0 spiro atoms. The van der Waals surface area contributed by atoms with Crippen LogP contribution < -0.4 is 0 Å². The lowest BCUT2D eigenvalue weighted by molar-refractivity contribution is 1.35. The molecule has 0 heterocycles. The van der Waals surface area contributed by atoms with Crippen molar-refractivity contribution in [1.29, 1.82) is 0 Å². The second-order valence-corrected chi connectivity index (χ2v) is 5.44. The molecule has 0 amide bonds. The number of hydrogen-bond acceptors (Lipinski definition) is 0. The molecule has 2 aromatic carbocycles. The number of alkyl halides is 2. The summed E-state index contributed by atoms with van der Waals surface area (Å²) < 4.78 is 1.07. The van der Waals surface area contributed by atoms with Crippen LogP contribution in [0.4, 0.5) is 0 Å². The fraction of sp³-hybridized carbons (Fsp3) is 0.0769. The largest absolute Gasteiger partial charge is 0.132 e. The summed E-state index contributed by atoms with van der Waals surface area (Å²) in [4.78, 5) is -0.476. The van der Waals surface area contributed by atoms with Crippen molar-refractivity contribution in [1.82, 2.24) is 0 Å². The van der Waals surface area contributed by atoms with Crippen LogP contribution in [0.1, 0.15) is 10.4 Å². The first-order valence-electron chi connectivity index (χ1n) is 4.81. The molecule has 16 heavy (non-hydrogen) atoms. The van der Waals surface area contributed by atoms with E-state index in [0.717, 1.165) is 21.2 Å². The highest BCUT2D eigenvalue weighted by Crippen LogP contribution is 2.29. The van der Waals surface area contributed by atoms with Gasteiger partial charge >= 0.3 is 0 Å². The third-order valence-corrected chi connectivity index (χ3v) is 3.35. The molecule has 0 saturated carbocycles. The van der Waals surface area contributed by atoms with Crippen molar-refractivity contribution in [3.05, 3.63) is 58.6 Å². The Hall–Kier alpha value is -0.500. The van der Waals surface area contributed by atoms with Crippen LogP contribution in [-0.4, -0.2) is 0 Å². The summed E-state index contributed by atoms with van der Waals surface area (Å²) in [6.07, 6.45) is 0. The van der Waals surface area contributed by atoms with Gasteiger partial charge in [-0.3, -0.25) is 0 Å². The average molecular weight is 316 g/mol. The maximum atomic E-state index is 5.85. The highest BCUT2D eigenvalue weighted by atomic mass is 79.9. The van der Waals surface area contributed by atoms with E-state index in [1.807, 2.05) is 36.4 Å². The van der Waals surface area contributed by atoms with Gasteiger partial charge in [-0.25, -0.2) is 0 Å². The zero-order chi connectivity index (χ0) is 11.5. The van der Waals surface area contributed by atoms with Gasteiger partial charge in [0.25, 0.3) is 0 Å². The number of benzene rings is 2. The van der Waals surface area contributed by atoms with Crippen molar-refractivity contribution in [2.24, 2.45) is 0 Å². The van der Waals surface area contributed by atoms with Gasteiger partial charge in [0.05, 0.1) is 0 Å². The summed E-state index contributed by atoms with van der Waals surface area (Å²) in [5.41, 5.74) is 3.19. The Morgan fingerprint density at radius 3 is 2.19 bits per heavy atom. The topological polar surface area (TPSA) is 0 Å². The van der Waals surface area contributed by atoms with E-state index in [0.29, 0.717) is 0 Å². The SMILES string of the molecule is ClC(Cl)c1cccc(-c2ccc(Br)cc2)c1. The second kappa shape index (κ2) is 5.22. The molecule has 0 radical (unpaired) electrons. The Morgan fingerprint density at radius 2 is 1.56 bits per heavy atom. The van der Waals surface area contributed by atoms with Crippen molar-refractivity contribution < 1.29 is 0 Å². The predicted molar refractivity (Wildman–Crippen MR) is 74.0 cm³/mol. The van der Waals surface area contributed by atoms with Crippen LogP contribution in [0.25, 0.3) is 11.1 Å². The van der Waals surface area contributed by atoms with Crippen LogP contribution in [0.5, 0.6) is 0 Å². The number of hydrogen-bond donors (Lipinski definition) is 0. The summed E-state index contributed by atoms with van der Waals surface area (Å²) in [7, 11) is 0. The fourth-order valence-corrected chi connectivity index (χ4v) is 2.03. The minimum Gasteiger partial charge on any atom is -0.100 e. The van der Waals surface area contributed by atoms with Crippen molar-refractivity contribution >= 4 is 39.1 Å². The highest BCUT2D eigenvalue weighted by Gasteiger charge is 2.04. The van der Waals surface area contributed by atoms with Crippen LogP contribution in [0.2, 0.25) is 0 Å². The van der Waals surface area contributed by atoms with E-state index >= 15 is 0 Å². The molecule has 3 heteroatoms. The maximum absolute atomic E-state index is 5.85. The Morgan fingerprint density at radius 1 is 0.875 bits per heavy atom. The van der Waals surface area contributed by atoms with Crippen LogP contribution in [-0.2, 0) is 0 Å². The van der Waals surface area contributed by atoms with Crippen LogP contribution >= 0.6 is 39.1 Å². The first-order chi connectivity index (χ1) is 7.66. The van der Waals surface area contributed by atoms with Crippen molar-refractivity contribution in [2.75, 3.05) is 0 Å². The normalized spacial score (nSPS) is 10.8. The van der Waals surface area contributed by atoms with Gasteiger partial charge in [-0.1, -0.05) is 46.3 Å². The molecule has 0 unspecified atom stereocenters. The van der Waals surface area contributed by atoms with Gasteiger partial charge in [-0.15, -0.1) is 23.2 Å². The number of rotatable bonds is 2. The minimum atomic E-state index is -0.476. The highest BCUT2D eigenvalue weighted by molar-refractivity contribution is 9.10. The van der Waals surface area contributed by atoms with Crippen molar-refractivity contribution in [2.45, 2.75) is 4.84 Å². The molecular formula is C13H9BrCl2. The lowest BCUT2D eigenvalue weighted by Crippen LogP contribution is -1.83. The standard InChI is InChI=1S/C13H9BrCl2/c14-12-6-4-9(5-7-12)10-2-1-3-11(8-10)13(15)16/h1-8,13H. The van der Waals surface area contributed by atoms with E-state index in [-0.39, 0.29) is 0 Å². The lowest BCUT2D eigenvalue weighted by Gasteiger charge is -2.06. The first-order valence-corrected chi connectivity index (χ1v) is 6.47. The Balaban J connectivity index is 2.40. The van der Waals surface area contributed by atoms with Crippen LogP contribution in [0, 0.1) is 0 Å². The smallest absolute Gasteiger partial charge is 0.100 e. The zero-order valence-corrected chi connectivity index (χ0v) is 11.4. The molecule has 0 aromatic heterocycles. The molecule has 0 aliphatic heterocycles. The lowest BCUT2D eigenvalue weighted by atomic mass is 10.0. The fourth-order valence-electron chi connectivity index (χ4n) is 1.50. The Kier molecular flexibility index (Phi) is 3.91. The summed E-state index contributed by atoms with van der Waals surface area (Å²) in [5, 5.41) is 0. The van der Waals surface area contributed by atoms with Crippen molar-refractivity contribution in [3.63, 3.8) is 0 Å². The monoisotopic (exact) mass is 314 g/mol. The summed E-state index contributed by atoms with van der Waals surface area (Å²) in [5.74, 6) is 0. The van der Waals surface area contributed by atoms with E-state index in [9.17, 15) is 0 Å². The summed E-state index contributed by atoms with van der Waals surface area (Å²) in [6.45, 7) is 0. The van der Waals surface area contributed by atoms with Gasteiger partial charge in [-0.05, 0) is 34.9 Å². The first kappa shape index (κ1) is 12.0. The molecule has 0 N–H and O–H groups in total. The molecule has 0 nitrogen and oxygen atoms in total. The Bertz CT molecular complexity index is 478. The van der Waals surface area contributed by atoms with Gasteiger partial charge in [0.1, 0.15) is 4.84 Å². The molecular weight excluding hydrogens is 307 g/mol. The van der Waals surface area contributed by atoms with E-state index < -0.39 is 4.84 Å². The summed E-state index contributed by atoms with van der Waals surface area (Å²) >= 11 is 15.1. The molecule has 0 aliphatic rings. The van der Waals surface area contributed by atoms with Gasteiger partial charge in [-0.2, -0.15) is 0 Å². The molecule has 0 fully saturated rings. The second-order valence-electron chi connectivity index (χ2n) is 3.43. The zero-order valence-electron chi connectivity index (χ0n) is 8.33. The van der Waals surface area contributed by atoms with Crippen LogP contribution in [0.15, 0.2) is 53.0 Å². The summed E-state index contributed by atoms with van der Waals surface area (Å²) in [6, 6.07) is 16.1. The molecule has 0 bridgehead atoms. The molecule has 82 valence electrons. The van der Waals surface area contributed by atoms with E-state index in [1.54, 1.807) is 0 Å². The molecule has 2 aromatic rings. The molecule has 0 atom stereocenters. The number of halogens is 3. The predicted octanol–water partition coefficient (Wildman–Crippen LogP) is 5.59. The molecule has 0 aliphatic carbocycles. The van der Waals surface area contributed by atoms with Gasteiger partial charge in [0.2, 0.25) is 0 Å². The van der Waals surface area contributed by atoms with E-state index in [1.165, 1.54) is 0 Å². The van der Waals surface area contributed by atoms with E-state index in [2.05, 4.69) is 28.1 Å². The third kappa shape index (κ3) is 2.79.